The van der Waals surface area contributed by atoms with Crippen molar-refractivity contribution in [2.75, 3.05) is 0 Å². The summed E-state index contributed by atoms with van der Waals surface area (Å²) in [4.78, 5) is 15.6. The molecule has 94 valence electrons. The molecule has 2 N–H and O–H groups in total. The molecule has 0 amide bonds. The lowest BCUT2D eigenvalue weighted by molar-refractivity contribution is -0.0341. The predicted molar refractivity (Wildman–Crippen MR) is 65.9 cm³/mol. The number of aliphatic hydroxyl groups excluding tert-OH is 2. The van der Waals surface area contributed by atoms with Crippen LogP contribution in [0.2, 0.25) is 0 Å². The van der Waals surface area contributed by atoms with Crippen molar-refractivity contribution in [3.63, 3.8) is 0 Å². The molecule has 0 aliphatic heterocycles. The summed E-state index contributed by atoms with van der Waals surface area (Å²) in [5.74, 6) is 0.352. The Morgan fingerprint density at radius 2 is 1.83 bits per heavy atom. The lowest BCUT2D eigenvalue weighted by atomic mass is 10.1. The van der Waals surface area contributed by atoms with Gasteiger partial charge in [-0.3, -0.25) is 9.36 Å². The Morgan fingerprint density at radius 1 is 1.17 bits per heavy atom. The number of aryl methyl sites for hydroxylation is 1. The molecule has 18 heavy (non-hydrogen) atoms. The van der Waals surface area contributed by atoms with Gasteiger partial charge in [0.05, 0.1) is 0 Å². The average Bonchev–Trinajstić information content (AvgIpc) is 2.38. The van der Waals surface area contributed by atoms with E-state index in [0.717, 1.165) is 4.57 Å². The molecule has 2 atom stereocenters. The Labute approximate surface area is 104 Å². The van der Waals surface area contributed by atoms with Gasteiger partial charge >= 0.3 is 0 Å². The number of hydrogen-bond acceptors (Lipinski definition) is 4. The molecule has 1 heterocycles. The monoisotopic (exact) mass is 246 g/mol. The molecule has 5 heteroatoms. The Kier molecular flexibility index (Phi) is 3.55. The van der Waals surface area contributed by atoms with Gasteiger partial charge < -0.3 is 10.2 Å². The average molecular weight is 246 g/mol. The minimum absolute atomic E-state index is 0.352. The maximum atomic E-state index is 11.7. The molecule has 1 aromatic carbocycles. The lowest BCUT2D eigenvalue weighted by Crippen LogP contribution is -2.30. The molecule has 1 aromatic heterocycles. The number of benzene rings is 1. The van der Waals surface area contributed by atoms with Crippen LogP contribution in [0, 0.1) is 6.92 Å². The SMILES string of the molecule is Cc1nccc(=O)n1C(O)C(O)c1ccccc1. The fourth-order valence-electron chi connectivity index (χ4n) is 1.80. The number of aromatic nitrogens is 2. The van der Waals surface area contributed by atoms with E-state index in [1.165, 1.54) is 12.3 Å². The Hall–Kier alpha value is -1.98. The molecular weight excluding hydrogens is 232 g/mol. The van der Waals surface area contributed by atoms with Crippen LogP contribution in [-0.4, -0.2) is 19.8 Å². The number of aliphatic hydroxyl groups is 2. The summed E-state index contributed by atoms with van der Waals surface area (Å²) in [5.41, 5.74) is 0.144. The van der Waals surface area contributed by atoms with Gasteiger partial charge in [0, 0.05) is 12.3 Å². The summed E-state index contributed by atoms with van der Waals surface area (Å²) < 4.78 is 1.07. The van der Waals surface area contributed by atoms with Crippen molar-refractivity contribution in [2.45, 2.75) is 19.3 Å². The van der Waals surface area contributed by atoms with E-state index in [4.69, 9.17) is 0 Å². The van der Waals surface area contributed by atoms with Crippen molar-refractivity contribution in [3.05, 3.63) is 64.3 Å². The molecule has 0 saturated carbocycles. The Bertz CT molecular complexity index is 580. The summed E-state index contributed by atoms with van der Waals surface area (Å²) in [5, 5.41) is 20.1. The van der Waals surface area contributed by atoms with Gasteiger partial charge in [-0.05, 0) is 12.5 Å². The van der Waals surface area contributed by atoms with Crippen LogP contribution in [0.25, 0.3) is 0 Å². The smallest absolute Gasteiger partial charge is 0.255 e. The zero-order valence-electron chi connectivity index (χ0n) is 9.89. The first-order valence-corrected chi connectivity index (χ1v) is 5.56. The molecule has 2 unspecified atom stereocenters. The van der Waals surface area contributed by atoms with E-state index < -0.39 is 17.9 Å². The highest BCUT2D eigenvalue weighted by Crippen LogP contribution is 2.23. The third-order valence-corrected chi connectivity index (χ3v) is 2.75. The molecule has 0 fully saturated rings. The first-order chi connectivity index (χ1) is 8.61. The summed E-state index contributed by atoms with van der Waals surface area (Å²) in [7, 11) is 0. The van der Waals surface area contributed by atoms with Gasteiger partial charge in [0.25, 0.3) is 5.56 Å². The summed E-state index contributed by atoms with van der Waals surface area (Å²) >= 11 is 0. The van der Waals surface area contributed by atoms with Crippen molar-refractivity contribution in [1.82, 2.24) is 9.55 Å². The molecule has 5 nitrogen and oxygen atoms in total. The molecule has 2 aromatic rings. The molecule has 0 aliphatic rings. The second-order valence-electron chi connectivity index (χ2n) is 3.97. The van der Waals surface area contributed by atoms with Crippen LogP contribution in [0.15, 0.2) is 47.4 Å². The van der Waals surface area contributed by atoms with Crippen LogP contribution >= 0.6 is 0 Å². The van der Waals surface area contributed by atoms with E-state index in [2.05, 4.69) is 4.98 Å². The van der Waals surface area contributed by atoms with Crippen LogP contribution in [0.5, 0.6) is 0 Å². The van der Waals surface area contributed by atoms with Crippen LogP contribution in [0.1, 0.15) is 23.7 Å². The van der Waals surface area contributed by atoms with E-state index in [1.807, 2.05) is 6.07 Å². The highest BCUT2D eigenvalue weighted by atomic mass is 16.3. The Balaban J connectivity index is 2.38. The van der Waals surface area contributed by atoms with Crippen molar-refractivity contribution in [1.29, 1.82) is 0 Å². The van der Waals surface area contributed by atoms with E-state index in [9.17, 15) is 15.0 Å². The topological polar surface area (TPSA) is 75.4 Å². The third kappa shape index (κ3) is 2.32. The van der Waals surface area contributed by atoms with Gasteiger partial charge in [0.15, 0.2) is 6.23 Å². The van der Waals surface area contributed by atoms with Gasteiger partial charge in [-0.15, -0.1) is 0 Å². The van der Waals surface area contributed by atoms with Crippen molar-refractivity contribution in [3.8, 4) is 0 Å². The highest BCUT2D eigenvalue weighted by Gasteiger charge is 2.22. The zero-order valence-corrected chi connectivity index (χ0v) is 9.89. The summed E-state index contributed by atoms with van der Waals surface area (Å²) in [6, 6.07) is 9.93. The minimum atomic E-state index is -1.35. The molecule has 0 radical (unpaired) electrons. The predicted octanol–water partition coefficient (Wildman–Crippen LogP) is 0.776. The lowest BCUT2D eigenvalue weighted by Gasteiger charge is -2.21. The molecule has 0 bridgehead atoms. The quantitative estimate of drug-likeness (QED) is 0.839. The van der Waals surface area contributed by atoms with Crippen LogP contribution < -0.4 is 5.56 Å². The second-order valence-corrected chi connectivity index (χ2v) is 3.97. The van der Waals surface area contributed by atoms with Gasteiger partial charge in [-0.25, -0.2) is 4.98 Å². The van der Waals surface area contributed by atoms with E-state index in [0.29, 0.717) is 11.4 Å². The zero-order chi connectivity index (χ0) is 13.1. The molecular formula is C13H14N2O3. The first-order valence-electron chi connectivity index (χ1n) is 5.56. The minimum Gasteiger partial charge on any atom is -0.384 e. The number of hydrogen-bond donors (Lipinski definition) is 2. The summed E-state index contributed by atoms with van der Waals surface area (Å²) in [6.07, 6.45) is -1.16. The van der Waals surface area contributed by atoms with Gasteiger partial charge in [-0.2, -0.15) is 0 Å². The third-order valence-electron chi connectivity index (χ3n) is 2.75. The van der Waals surface area contributed by atoms with Gasteiger partial charge in [0.1, 0.15) is 11.9 Å². The fraction of sp³-hybridized carbons (Fsp3) is 0.231. The standard InChI is InChI=1S/C13H14N2O3/c1-9-14-8-7-11(16)15(9)13(18)12(17)10-5-3-2-4-6-10/h2-8,12-13,17-18H,1H3. The number of nitrogens with zero attached hydrogens (tertiary/aromatic N) is 2. The fourth-order valence-corrected chi connectivity index (χ4v) is 1.80. The maximum absolute atomic E-state index is 11.7. The van der Waals surface area contributed by atoms with Crippen molar-refractivity contribution in [2.24, 2.45) is 0 Å². The van der Waals surface area contributed by atoms with Gasteiger partial charge in [-0.1, -0.05) is 30.3 Å². The van der Waals surface area contributed by atoms with Crippen LogP contribution in [0.3, 0.4) is 0 Å². The molecule has 2 rings (SSSR count). The second kappa shape index (κ2) is 5.12. The summed E-state index contributed by atoms with van der Waals surface area (Å²) in [6.45, 7) is 1.60. The normalized spacial score (nSPS) is 14.2. The largest absolute Gasteiger partial charge is 0.384 e. The van der Waals surface area contributed by atoms with Crippen LogP contribution in [0.4, 0.5) is 0 Å². The highest BCUT2D eigenvalue weighted by molar-refractivity contribution is 5.18. The maximum Gasteiger partial charge on any atom is 0.255 e. The molecule has 0 aliphatic carbocycles. The van der Waals surface area contributed by atoms with Crippen molar-refractivity contribution < 1.29 is 10.2 Å². The Morgan fingerprint density at radius 3 is 2.44 bits per heavy atom. The molecule has 0 spiro atoms. The van der Waals surface area contributed by atoms with Crippen LogP contribution in [-0.2, 0) is 0 Å². The van der Waals surface area contributed by atoms with E-state index in [-0.39, 0.29) is 0 Å². The van der Waals surface area contributed by atoms with E-state index in [1.54, 1.807) is 31.2 Å². The van der Waals surface area contributed by atoms with Gasteiger partial charge in [0.2, 0.25) is 0 Å². The molecule has 0 saturated heterocycles. The van der Waals surface area contributed by atoms with Crippen molar-refractivity contribution >= 4 is 0 Å². The first kappa shape index (κ1) is 12.5. The number of rotatable bonds is 3. The van der Waals surface area contributed by atoms with E-state index >= 15 is 0 Å².